The van der Waals surface area contributed by atoms with E-state index in [0.29, 0.717) is 23.0 Å². The van der Waals surface area contributed by atoms with Gasteiger partial charge in [-0.1, -0.05) is 23.7 Å². The number of hydrogen-bond acceptors (Lipinski definition) is 4. The van der Waals surface area contributed by atoms with Crippen LogP contribution in [0.5, 0.6) is 0 Å². The van der Waals surface area contributed by atoms with Gasteiger partial charge in [0.1, 0.15) is 6.54 Å². The fourth-order valence-corrected chi connectivity index (χ4v) is 5.14. The summed E-state index contributed by atoms with van der Waals surface area (Å²) in [6, 6.07) is 9.53. The third-order valence-electron chi connectivity index (χ3n) is 5.73. The van der Waals surface area contributed by atoms with Gasteiger partial charge >= 0.3 is 0 Å². The van der Waals surface area contributed by atoms with Crippen molar-refractivity contribution in [1.82, 2.24) is 14.4 Å². The van der Waals surface area contributed by atoms with Crippen LogP contribution in [-0.4, -0.2) is 51.1 Å². The molecule has 162 valence electrons. The Balaban J connectivity index is 1.57. The number of carbonyl (C=O) groups is 3. The Morgan fingerprint density at radius 2 is 1.84 bits per heavy atom. The first-order chi connectivity index (χ1) is 14.9. The highest BCUT2D eigenvalue weighted by atomic mass is 35.5. The van der Waals surface area contributed by atoms with Crippen molar-refractivity contribution in [3.63, 3.8) is 0 Å². The highest BCUT2D eigenvalue weighted by Gasteiger charge is 2.37. The van der Waals surface area contributed by atoms with Crippen molar-refractivity contribution < 1.29 is 14.4 Å². The van der Waals surface area contributed by atoms with E-state index in [2.05, 4.69) is 0 Å². The maximum atomic E-state index is 12.9. The Morgan fingerprint density at radius 1 is 1.13 bits per heavy atom. The van der Waals surface area contributed by atoms with Crippen molar-refractivity contribution in [2.24, 2.45) is 0 Å². The summed E-state index contributed by atoms with van der Waals surface area (Å²) in [4.78, 5) is 41.0. The lowest BCUT2D eigenvalue weighted by Crippen LogP contribution is -2.44. The van der Waals surface area contributed by atoms with Crippen molar-refractivity contribution in [2.45, 2.75) is 33.1 Å². The molecule has 8 heteroatoms. The zero-order chi connectivity index (χ0) is 22.1. The molecule has 0 saturated carbocycles. The molecule has 0 atom stereocenters. The summed E-state index contributed by atoms with van der Waals surface area (Å²) in [5, 5.41) is 0.230. The maximum absolute atomic E-state index is 12.9. The average molecular weight is 458 g/mol. The minimum Gasteiger partial charge on any atom is -0.341 e. The van der Waals surface area contributed by atoms with Gasteiger partial charge in [0, 0.05) is 24.5 Å². The van der Waals surface area contributed by atoms with Crippen molar-refractivity contribution >= 4 is 46.5 Å². The number of amides is 3. The normalized spacial score (nSPS) is 18.4. The molecule has 2 aromatic rings. The SMILES string of the molecule is Cc1cc(/C=C2\SC(=O)N(CC(=O)N3CCCCC3)C2=O)c(C)n1-c1ccccc1Cl. The van der Waals surface area contributed by atoms with Gasteiger partial charge in [0.05, 0.1) is 15.6 Å². The number of carbonyl (C=O) groups excluding carboxylic acids is 3. The van der Waals surface area contributed by atoms with E-state index in [1.54, 1.807) is 11.0 Å². The summed E-state index contributed by atoms with van der Waals surface area (Å²) in [5.41, 5.74) is 3.59. The molecule has 6 nitrogen and oxygen atoms in total. The lowest BCUT2D eigenvalue weighted by atomic mass is 10.1. The smallest absolute Gasteiger partial charge is 0.294 e. The van der Waals surface area contributed by atoms with Crippen LogP contribution in [-0.2, 0) is 9.59 Å². The van der Waals surface area contributed by atoms with E-state index in [1.807, 2.05) is 48.7 Å². The Morgan fingerprint density at radius 3 is 2.55 bits per heavy atom. The molecule has 1 aromatic carbocycles. The Hall–Kier alpha value is -2.51. The zero-order valence-electron chi connectivity index (χ0n) is 17.6. The first-order valence-electron chi connectivity index (χ1n) is 10.3. The minimum absolute atomic E-state index is 0.167. The molecule has 0 bridgehead atoms. The number of nitrogens with zero attached hydrogens (tertiary/aromatic N) is 3. The average Bonchev–Trinajstić information content (AvgIpc) is 3.18. The standard InChI is InChI=1S/C23H24ClN3O3S/c1-15-12-17(16(2)27(15)19-9-5-4-8-18(19)24)13-20-22(29)26(23(30)31-20)14-21(28)25-10-6-3-7-11-25/h4-5,8-9,12-13H,3,6-7,10-11,14H2,1-2H3/b20-13-. The van der Waals surface area contributed by atoms with Gasteiger partial charge in [0.15, 0.2) is 0 Å². The number of rotatable bonds is 4. The fraction of sp³-hybridized carbons (Fsp3) is 0.348. The molecule has 3 amide bonds. The second-order valence-electron chi connectivity index (χ2n) is 7.82. The van der Waals surface area contributed by atoms with E-state index in [9.17, 15) is 14.4 Å². The summed E-state index contributed by atoms with van der Waals surface area (Å²) in [7, 11) is 0. The van der Waals surface area contributed by atoms with Crippen LogP contribution in [0.15, 0.2) is 35.2 Å². The van der Waals surface area contributed by atoms with Crippen LogP contribution in [0.4, 0.5) is 4.79 Å². The molecule has 2 fully saturated rings. The second kappa shape index (κ2) is 8.93. The Bertz CT molecular complexity index is 1090. The predicted octanol–water partition coefficient (Wildman–Crippen LogP) is 4.80. The maximum Gasteiger partial charge on any atom is 0.294 e. The number of benzene rings is 1. The number of aromatic nitrogens is 1. The molecule has 0 radical (unpaired) electrons. The molecule has 31 heavy (non-hydrogen) atoms. The van der Waals surface area contributed by atoms with Gasteiger partial charge in [-0.2, -0.15) is 0 Å². The number of halogens is 1. The molecule has 0 aliphatic carbocycles. The Labute approximate surface area is 190 Å². The first kappa shape index (κ1) is 21.7. The fourth-order valence-electron chi connectivity index (χ4n) is 4.09. The van der Waals surface area contributed by atoms with Gasteiger partial charge in [-0.25, -0.2) is 0 Å². The van der Waals surface area contributed by atoms with Crippen LogP contribution in [0.25, 0.3) is 11.8 Å². The van der Waals surface area contributed by atoms with Gasteiger partial charge < -0.3 is 9.47 Å². The topological polar surface area (TPSA) is 62.6 Å². The van der Waals surface area contributed by atoms with Crippen LogP contribution in [0, 0.1) is 13.8 Å². The summed E-state index contributed by atoms with van der Waals surface area (Å²) in [5.74, 6) is -0.581. The van der Waals surface area contributed by atoms with Crippen molar-refractivity contribution in [3.05, 3.63) is 57.2 Å². The van der Waals surface area contributed by atoms with Crippen LogP contribution < -0.4 is 0 Å². The third-order valence-corrected chi connectivity index (χ3v) is 6.95. The van der Waals surface area contributed by atoms with Gasteiger partial charge in [-0.3, -0.25) is 19.3 Å². The van der Waals surface area contributed by atoms with Gasteiger partial charge in [-0.05, 0) is 74.7 Å². The van der Waals surface area contributed by atoms with Gasteiger partial charge in [0.25, 0.3) is 11.1 Å². The van der Waals surface area contributed by atoms with E-state index in [1.165, 1.54) is 0 Å². The third kappa shape index (κ3) is 4.29. The number of piperidine rings is 1. The molecule has 4 rings (SSSR count). The minimum atomic E-state index is -0.414. The first-order valence-corrected chi connectivity index (χ1v) is 11.5. The number of para-hydroxylation sites is 1. The molecule has 2 aliphatic rings. The van der Waals surface area contributed by atoms with Gasteiger partial charge in [-0.15, -0.1) is 0 Å². The van der Waals surface area contributed by atoms with E-state index in [4.69, 9.17) is 11.6 Å². The molecule has 0 unspecified atom stereocenters. The van der Waals surface area contributed by atoms with Crippen LogP contribution in [0.2, 0.25) is 5.02 Å². The molecule has 1 aromatic heterocycles. The number of hydrogen-bond donors (Lipinski definition) is 0. The molecule has 2 saturated heterocycles. The van der Waals surface area contributed by atoms with E-state index in [-0.39, 0.29) is 12.5 Å². The molecule has 3 heterocycles. The van der Waals surface area contributed by atoms with Crippen molar-refractivity contribution in [2.75, 3.05) is 19.6 Å². The molecular formula is C23H24ClN3O3S. The molecule has 0 spiro atoms. The quantitative estimate of drug-likeness (QED) is 0.619. The number of aryl methyl sites for hydroxylation is 1. The lowest BCUT2D eigenvalue weighted by molar-refractivity contribution is -0.136. The largest absolute Gasteiger partial charge is 0.341 e. The van der Waals surface area contributed by atoms with Crippen molar-refractivity contribution in [1.29, 1.82) is 0 Å². The van der Waals surface area contributed by atoms with E-state index < -0.39 is 11.1 Å². The van der Waals surface area contributed by atoms with Crippen molar-refractivity contribution in [3.8, 4) is 5.69 Å². The van der Waals surface area contributed by atoms with Crippen LogP contribution in [0.3, 0.4) is 0 Å². The van der Waals surface area contributed by atoms with Crippen LogP contribution >= 0.6 is 23.4 Å². The summed E-state index contributed by atoms with van der Waals surface area (Å²) in [6.45, 7) is 5.11. The summed E-state index contributed by atoms with van der Waals surface area (Å²) < 4.78 is 2.03. The summed E-state index contributed by atoms with van der Waals surface area (Å²) in [6.07, 6.45) is 4.77. The van der Waals surface area contributed by atoms with Crippen LogP contribution in [0.1, 0.15) is 36.2 Å². The number of imide groups is 1. The Kier molecular flexibility index (Phi) is 6.25. The zero-order valence-corrected chi connectivity index (χ0v) is 19.1. The summed E-state index contributed by atoms with van der Waals surface area (Å²) >= 11 is 7.25. The number of likely N-dealkylation sites (tertiary alicyclic amines) is 1. The van der Waals surface area contributed by atoms with E-state index >= 15 is 0 Å². The molecular weight excluding hydrogens is 434 g/mol. The molecule has 0 N–H and O–H groups in total. The number of thioether (sulfide) groups is 1. The van der Waals surface area contributed by atoms with Gasteiger partial charge in [0.2, 0.25) is 5.91 Å². The monoisotopic (exact) mass is 457 g/mol. The highest BCUT2D eigenvalue weighted by molar-refractivity contribution is 8.18. The van der Waals surface area contributed by atoms with E-state index in [0.717, 1.165) is 58.6 Å². The highest BCUT2D eigenvalue weighted by Crippen LogP contribution is 2.34. The molecule has 2 aliphatic heterocycles. The predicted molar refractivity (Wildman–Crippen MR) is 123 cm³/mol. The lowest BCUT2D eigenvalue weighted by Gasteiger charge is -2.27. The second-order valence-corrected chi connectivity index (χ2v) is 9.22.